The molecule has 0 aliphatic heterocycles. The minimum absolute atomic E-state index is 0.0231. The highest BCUT2D eigenvalue weighted by molar-refractivity contribution is 9.10. The van der Waals surface area contributed by atoms with Gasteiger partial charge in [0.15, 0.2) is 0 Å². The minimum atomic E-state index is -0.643. The lowest BCUT2D eigenvalue weighted by Crippen LogP contribution is -2.04. The lowest BCUT2D eigenvalue weighted by Gasteiger charge is -2.01. The first-order valence-corrected chi connectivity index (χ1v) is 6.19. The van der Waals surface area contributed by atoms with Crippen molar-refractivity contribution in [1.29, 1.82) is 0 Å². The molecular formula is C12H9BrF2N2O2. The molecule has 19 heavy (non-hydrogen) atoms. The fourth-order valence-electron chi connectivity index (χ4n) is 1.49. The molecule has 0 saturated carbocycles. The smallest absolute Gasteiger partial charge is 0.356 e. The van der Waals surface area contributed by atoms with Crippen molar-refractivity contribution in [2.45, 2.75) is 6.92 Å². The Morgan fingerprint density at radius 1 is 1.37 bits per heavy atom. The lowest BCUT2D eigenvalue weighted by molar-refractivity contribution is 0.0519. The van der Waals surface area contributed by atoms with Crippen LogP contribution in [-0.4, -0.2) is 22.8 Å². The molecule has 0 bridgehead atoms. The Balaban J connectivity index is 2.38. The number of ether oxygens (including phenoxy) is 1. The Labute approximate surface area is 115 Å². The van der Waals surface area contributed by atoms with Crippen molar-refractivity contribution in [3.8, 4) is 11.3 Å². The number of aromatic amines is 1. The van der Waals surface area contributed by atoms with Crippen LogP contribution in [0.5, 0.6) is 0 Å². The highest BCUT2D eigenvalue weighted by Crippen LogP contribution is 2.27. The third kappa shape index (κ3) is 2.81. The number of nitrogens with zero attached hydrogens (tertiary/aromatic N) is 1. The van der Waals surface area contributed by atoms with Gasteiger partial charge in [-0.2, -0.15) is 5.10 Å². The SMILES string of the molecule is CCOC(=O)c1cc(-c2cc(F)c(Br)cc2F)n[nH]1. The van der Waals surface area contributed by atoms with Crippen molar-refractivity contribution in [1.82, 2.24) is 10.2 Å². The van der Waals surface area contributed by atoms with Crippen LogP contribution in [0.25, 0.3) is 11.3 Å². The largest absolute Gasteiger partial charge is 0.461 e. The molecule has 0 atom stereocenters. The molecule has 0 aliphatic rings. The summed E-state index contributed by atoms with van der Waals surface area (Å²) in [5.41, 5.74) is 0.180. The van der Waals surface area contributed by atoms with Crippen LogP contribution >= 0.6 is 15.9 Å². The van der Waals surface area contributed by atoms with Crippen molar-refractivity contribution in [2.24, 2.45) is 0 Å². The van der Waals surface area contributed by atoms with Gasteiger partial charge >= 0.3 is 5.97 Å². The number of aromatic nitrogens is 2. The monoisotopic (exact) mass is 330 g/mol. The summed E-state index contributed by atoms with van der Waals surface area (Å²) in [6.07, 6.45) is 0. The van der Waals surface area contributed by atoms with Crippen LogP contribution in [0.1, 0.15) is 17.4 Å². The zero-order valence-electron chi connectivity index (χ0n) is 9.84. The number of halogens is 3. The van der Waals surface area contributed by atoms with Gasteiger partial charge in [-0.1, -0.05) is 0 Å². The molecule has 1 aromatic heterocycles. The number of rotatable bonds is 3. The third-order valence-electron chi connectivity index (χ3n) is 2.36. The van der Waals surface area contributed by atoms with Crippen LogP contribution in [0.15, 0.2) is 22.7 Å². The van der Waals surface area contributed by atoms with Crippen molar-refractivity contribution >= 4 is 21.9 Å². The summed E-state index contributed by atoms with van der Waals surface area (Å²) in [6, 6.07) is 3.32. The molecule has 2 rings (SSSR count). The third-order valence-corrected chi connectivity index (χ3v) is 2.97. The molecule has 1 aromatic carbocycles. The van der Waals surface area contributed by atoms with Crippen molar-refractivity contribution in [2.75, 3.05) is 6.61 Å². The van der Waals surface area contributed by atoms with Crippen molar-refractivity contribution in [3.05, 3.63) is 40.0 Å². The molecule has 2 aromatic rings. The molecule has 0 aliphatic carbocycles. The van der Waals surface area contributed by atoms with Gasteiger partial charge in [0.05, 0.1) is 16.8 Å². The first-order valence-electron chi connectivity index (χ1n) is 5.40. The van der Waals surface area contributed by atoms with Gasteiger partial charge in [-0.05, 0) is 41.1 Å². The maximum Gasteiger partial charge on any atom is 0.356 e. The van der Waals surface area contributed by atoms with E-state index in [1.54, 1.807) is 6.92 Å². The first-order chi connectivity index (χ1) is 9.02. The highest BCUT2D eigenvalue weighted by Gasteiger charge is 2.16. The van der Waals surface area contributed by atoms with Crippen LogP contribution in [0, 0.1) is 11.6 Å². The van der Waals surface area contributed by atoms with Gasteiger partial charge in [0, 0.05) is 5.56 Å². The van der Waals surface area contributed by atoms with Gasteiger partial charge in [-0.15, -0.1) is 0 Å². The maximum absolute atomic E-state index is 13.7. The molecule has 100 valence electrons. The summed E-state index contributed by atoms with van der Waals surface area (Å²) >= 11 is 2.88. The van der Waals surface area contributed by atoms with E-state index in [1.165, 1.54) is 6.07 Å². The second kappa shape index (κ2) is 5.48. The molecule has 0 amide bonds. The molecule has 7 heteroatoms. The number of benzene rings is 1. The summed E-state index contributed by atoms with van der Waals surface area (Å²) in [5.74, 6) is -1.86. The molecule has 0 fully saturated rings. The average molecular weight is 331 g/mol. The number of hydrogen-bond donors (Lipinski definition) is 1. The number of H-pyrrole nitrogens is 1. The number of hydrogen-bond acceptors (Lipinski definition) is 3. The molecule has 1 heterocycles. The first kappa shape index (κ1) is 13.7. The highest BCUT2D eigenvalue weighted by atomic mass is 79.9. The van der Waals surface area contributed by atoms with Gasteiger partial charge in [0.2, 0.25) is 0 Å². The van der Waals surface area contributed by atoms with E-state index in [2.05, 4.69) is 26.1 Å². The zero-order valence-corrected chi connectivity index (χ0v) is 11.4. The van der Waals surface area contributed by atoms with E-state index in [9.17, 15) is 13.6 Å². The Hall–Kier alpha value is -1.76. The van der Waals surface area contributed by atoms with Gasteiger partial charge < -0.3 is 4.74 Å². The summed E-state index contributed by atoms with van der Waals surface area (Å²) in [6.45, 7) is 1.88. The Bertz CT molecular complexity index is 628. The minimum Gasteiger partial charge on any atom is -0.461 e. The summed E-state index contributed by atoms with van der Waals surface area (Å²) in [4.78, 5) is 11.4. The van der Waals surface area contributed by atoms with Crippen molar-refractivity contribution in [3.63, 3.8) is 0 Å². The van der Waals surface area contributed by atoms with Crippen molar-refractivity contribution < 1.29 is 18.3 Å². The number of esters is 1. The van der Waals surface area contributed by atoms with Crippen LogP contribution in [-0.2, 0) is 4.74 Å². The van der Waals surface area contributed by atoms with Crippen LogP contribution in [0.4, 0.5) is 8.78 Å². The standard InChI is InChI=1S/C12H9BrF2N2O2/c1-2-19-12(18)11-5-10(16-17-11)6-3-9(15)7(13)4-8(6)14/h3-5H,2H2,1H3,(H,16,17). The molecule has 0 radical (unpaired) electrons. The summed E-state index contributed by atoms with van der Waals surface area (Å²) in [5, 5.41) is 6.20. The molecule has 0 saturated heterocycles. The molecular weight excluding hydrogens is 322 g/mol. The molecule has 0 unspecified atom stereocenters. The fraction of sp³-hybridized carbons (Fsp3) is 0.167. The zero-order chi connectivity index (χ0) is 14.0. The molecule has 1 N–H and O–H groups in total. The lowest BCUT2D eigenvalue weighted by atomic mass is 10.1. The predicted octanol–water partition coefficient (Wildman–Crippen LogP) is 3.29. The van der Waals surface area contributed by atoms with Gasteiger partial charge in [-0.25, -0.2) is 13.6 Å². The van der Waals surface area contributed by atoms with E-state index in [0.29, 0.717) is 0 Å². The summed E-state index contributed by atoms with van der Waals surface area (Å²) < 4.78 is 31.9. The van der Waals surface area contributed by atoms with Gasteiger partial charge in [-0.3, -0.25) is 5.10 Å². The quantitative estimate of drug-likeness (QED) is 0.694. The normalized spacial score (nSPS) is 10.5. The molecule has 4 nitrogen and oxygen atoms in total. The van der Waals surface area contributed by atoms with E-state index < -0.39 is 17.6 Å². The Morgan fingerprint density at radius 3 is 2.79 bits per heavy atom. The topological polar surface area (TPSA) is 55.0 Å². The second-order valence-corrected chi connectivity index (χ2v) is 4.49. The van der Waals surface area contributed by atoms with Gasteiger partial charge in [0.1, 0.15) is 17.3 Å². The second-order valence-electron chi connectivity index (χ2n) is 3.63. The average Bonchev–Trinajstić information content (AvgIpc) is 2.83. The Kier molecular flexibility index (Phi) is 3.94. The predicted molar refractivity (Wildman–Crippen MR) is 67.6 cm³/mol. The van der Waals surface area contributed by atoms with E-state index in [4.69, 9.17) is 4.74 Å². The van der Waals surface area contributed by atoms with E-state index in [-0.39, 0.29) is 28.0 Å². The number of carbonyl (C=O) groups excluding carboxylic acids is 1. The van der Waals surface area contributed by atoms with E-state index >= 15 is 0 Å². The Morgan fingerprint density at radius 2 is 2.11 bits per heavy atom. The maximum atomic E-state index is 13.7. The van der Waals surface area contributed by atoms with E-state index in [0.717, 1.165) is 12.1 Å². The van der Waals surface area contributed by atoms with Crippen LogP contribution in [0.3, 0.4) is 0 Å². The number of carbonyl (C=O) groups is 1. The van der Waals surface area contributed by atoms with Crippen LogP contribution < -0.4 is 0 Å². The van der Waals surface area contributed by atoms with Crippen LogP contribution in [0.2, 0.25) is 0 Å². The summed E-state index contributed by atoms with van der Waals surface area (Å²) in [7, 11) is 0. The van der Waals surface area contributed by atoms with E-state index in [1.807, 2.05) is 0 Å². The van der Waals surface area contributed by atoms with Gasteiger partial charge in [0.25, 0.3) is 0 Å². The molecule has 0 spiro atoms. The fourth-order valence-corrected chi connectivity index (χ4v) is 1.81. The number of nitrogens with one attached hydrogen (secondary N) is 1.